The highest BCUT2D eigenvalue weighted by Gasteiger charge is 2.26. The Morgan fingerprint density at radius 2 is 1.75 bits per heavy atom. The Hall–Kier alpha value is -1.38. The molecule has 20 heavy (non-hydrogen) atoms. The minimum absolute atomic E-state index is 0.0525. The number of benzene rings is 2. The molecule has 2 aromatic rings. The van der Waals surface area contributed by atoms with Crippen molar-refractivity contribution in [3.05, 3.63) is 48.0 Å². The van der Waals surface area contributed by atoms with Crippen LogP contribution in [0.5, 0.6) is 0 Å². The first-order valence-corrected chi connectivity index (χ1v) is 7.40. The van der Waals surface area contributed by atoms with Crippen LogP contribution in [0.25, 0.3) is 10.8 Å². The summed E-state index contributed by atoms with van der Waals surface area (Å²) >= 11 is 0. The summed E-state index contributed by atoms with van der Waals surface area (Å²) < 4.78 is 0. The van der Waals surface area contributed by atoms with Crippen molar-refractivity contribution in [3.8, 4) is 0 Å². The number of fused-ring (bicyclic) bond motifs is 1. The van der Waals surface area contributed by atoms with E-state index in [1.165, 1.54) is 22.8 Å². The van der Waals surface area contributed by atoms with Crippen molar-refractivity contribution in [2.24, 2.45) is 5.73 Å². The van der Waals surface area contributed by atoms with Crippen LogP contribution in [-0.4, -0.2) is 32.1 Å². The van der Waals surface area contributed by atoms with E-state index in [2.05, 4.69) is 68.4 Å². The van der Waals surface area contributed by atoms with E-state index in [4.69, 9.17) is 5.73 Å². The number of hydrogen-bond acceptors (Lipinski definition) is 2. The van der Waals surface area contributed by atoms with Gasteiger partial charge >= 0.3 is 0 Å². The fourth-order valence-electron chi connectivity index (χ4n) is 2.88. The van der Waals surface area contributed by atoms with Crippen LogP contribution in [0.2, 0.25) is 0 Å². The quantitative estimate of drug-likeness (QED) is 0.871. The van der Waals surface area contributed by atoms with Crippen LogP contribution >= 0.6 is 0 Å². The first-order valence-electron chi connectivity index (χ1n) is 7.40. The monoisotopic (exact) mass is 270 g/mol. The molecule has 0 heterocycles. The molecule has 0 bridgehead atoms. The van der Waals surface area contributed by atoms with Gasteiger partial charge in [-0.25, -0.2) is 0 Å². The van der Waals surface area contributed by atoms with Crippen LogP contribution in [0.3, 0.4) is 0 Å². The number of hydrogen-bond donors (Lipinski definition) is 1. The summed E-state index contributed by atoms with van der Waals surface area (Å²) in [5, 5.41) is 2.64. The summed E-state index contributed by atoms with van der Waals surface area (Å²) in [6.45, 7) is 4.10. The highest BCUT2D eigenvalue weighted by molar-refractivity contribution is 5.86. The smallest absolute Gasteiger partial charge is 0.00539 e. The first-order chi connectivity index (χ1) is 9.57. The molecule has 0 unspecified atom stereocenters. The van der Waals surface area contributed by atoms with Crippen molar-refractivity contribution in [2.75, 3.05) is 27.2 Å². The molecule has 0 aliphatic rings. The SMILES string of the molecule is CN(C)CCC[C@](C)(CN)c1cccc2ccccc12. The molecule has 2 N–H and O–H groups in total. The fourth-order valence-corrected chi connectivity index (χ4v) is 2.88. The Morgan fingerprint density at radius 3 is 2.45 bits per heavy atom. The molecule has 0 aliphatic heterocycles. The molecular formula is C18H26N2. The minimum Gasteiger partial charge on any atom is -0.330 e. The fraction of sp³-hybridized carbons (Fsp3) is 0.444. The maximum absolute atomic E-state index is 6.13. The minimum atomic E-state index is 0.0525. The molecule has 1 atom stereocenters. The second kappa shape index (κ2) is 6.38. The number of nitrogens with two attached hydrogens (primary N) is 1. The summed E-state index contributed by atoms with van der Waals surface area (Å²) in [6, 6.07) is 15.2. The lowest BCUT2D eigenvalue weighted by Crippen LogP contribution is -2.33. The Labute approximate surface area is 122 Å². The van der Waals surface area contributed by atoms with Crippen LogP contribution in [0, 0.1) is 0 Å². The van der Waals surface area contributed by atoms with Gasteiger partial charge in [0.2, 0.25) is 0 Å². The molecule has 0 amide bonds. The van der Waals surface area contributed by atoms with Gasteiger partial charge in [-0.15, -0.1) is 0 Å². The van der Waals surface area contributed by atoms with E-state index >= 15 is 0 Å². The summed E-state index contributed by atoms with van der Waals surface area (Å²) in [5.41, 5.74) is 7.57. The van der Waals surface area contributed by atoms with E-state index in [1.54, 1.807) is 0 Å². The molecule has 0 radical (unpaired) electrons. The lowest BCUT2D eigenvalue weighted by Gasteiger charge is -2.30. The molecule has 2 nitrogen and oxygen atoms in total. The largest absolute Gasteiger partial charge is 0.330 e. The van der Waals surface area contributed by atoms with Crippen molar-refractivity contribution in [3.63, 3.8) is 0 Å². The second-order valence-corrected chi connectivity index (χ2v) is 6.20. The van der Waals surface area contributed by atoms with Gasteiger partial charge in [-0.05, 0) is 49.8 Å². The predicted molar refractivity (Wildman–Crippen MR) is 88.1 cm³/mol. The van der Waals surface area contributed by atoms with Crippen LogP contribution in [-0.2, 0) is 5.41 Å². The highest BCUT2D eigenvalue weighted by atomic mass is 15.0. The number of nitrogens with zero attached hydrogens (tertiary/aromatic N) is 1. The molecule has 0 fully saturated rings. The standard InChI is InChI=1S/C18H26N2/c1-18(14-19,12-7-13-20(2)3)17-11-6-9-15-8-4-5-10-16(15)17/h4-6,8-11H,7,12-14,19H2,1-3H3/t18-/m1/s1. The third-order valence-corrected chi connectivity index (χ3v) is 4.22. The van der Waals surface area contributed by atoms with Gasteiger partial charge in [0.1, 0.15) is 0 Å². The zero-order valence-electron chi connectivity index (χ0n) is 12.9. The molecule has 0 saturated carbocycles. The van der Waals surface area contributed by atoms with Crippen LogP contribution in [0.15, 0.2) is 42.5 Å². The van der Waals surface area contributed by atoms with Gasteiger partial charge in [0.05, 0.1) is 0 Å². The summed E-state index contributed by atoms with van der Waals surface area (Å²) in [6.07, 6.45) is 2.29. The Balaban J connectivity index is 2.33. The predicted octanol–water partition coefficient (Wildman–Crippen LogP) is 3.40. The second-order valence-electron chi connectivity index (χ2n) is 6.20. The van der Waals surface area contributed by atoms with E-state index in [1.807, 2.05) is 0 Å². The molecule has 2 aromatic carbocycles. The third-order valence-electron chi connectivity index (χ3n) is 4.22. The third kappa shape index (κ3) is 3.20. The Morgan fingerprint density at radius 1 is 1.05 bits per heavy atom. The van der Waals surface area contributed by atoms with Crippen molar-refractivity contribution >= 4 is 10.8 Å². The van der Waals surface area contributed by atoms with Gasteiger partial charge in [0.25, 0.3) is 0 Å². The molecule has 0 saturated heterocycles. The van der Waals surface area contributed by atoms with Crippen molar-refractivity contribution in [1.82, 2.24) is 4.90 Å². The Kier molecular flexibility index (Phi) is 4.79. The van der Waals surface area contributed by atoms with Gasteiger partial charge in [-0.2, -0.15) is 0 Å². The van der Waals surface area contributed by atoms with Crippen LogP contribution < -0.4 is 5.73 Å². The Bertz CT molecular complexity index is 557. The average Bonchev–Trinajstić information content (AvgIpc) is 2.46. The van der Waals surface area contributed by atoms with E-state index < -0.39 is 0 Å². The molecule has 0 aliphatic carbocycles. The van der Waals surface area contributed by atoms with Crippen LogP contribution in [0.4, 0.5) is 0 Å². The summed E-state index contributed by atoms with van der Waals surface area (Å²) in [4.78, 5) is 2.24. The maximum atomic E-state index is 6.13. The van der Waals surface area contributed by atoms with Crippen molar-refractivity contribution in [2.45, 2.75) is 25.2 Å². The average molecular weight is 270 g/mol. The zero-order valence-corrected chi connectivity index (χ0v) is 12.9. The van der Waals surface area contributed by atoms with Crippen molar-refractivity contribution < 1.29 is 0 Å². The molecule has 0 spiro atoms. The molecular weight excluding hydrogens is 244 g/mol. The maximum Gasteiger partial charge on any atom is 0.00539 e. The molecule has 108 valence electrons. The van der Waals surface area contributed by atoms with E-state index in [0.29, 0.717) is 6.54 Å². The summed E-state index contributed by atoms with van der Waals surface area (Å²) in [7, 11) is 4.25. The van der Waals surface area contributed by atoms with Crippen molar-refractivity contribution in [1.29, 1.82) is 0 Å². The van der Waals surface area contributed by atoms with Gasteiger partial charge < -0.3 is 10.6 Å². The van der Waals surface area contributed by atoms with Gasteiger partial charge in [-0.3, -0.25) is 0 Å². The van der Waals surface area contributed by atoms with E-state index in [9.17, 15) is 0 Å². The molecule has 0 aromatic heterocycles. The first kappa shape index (κ1) is 15.0. The number of rotatable bonds is 6. The highest BCUT2D eigenvalue weighted by Crippen LogP contribution is 2.33. The lowest BCUT2D eigenvalue weighted by molar-refractivity contribution is 0.352. The normalized spacial score (nSPS) is 14.7. The summed E-state index contributed by atoms with van der Waals surface area (Å²) in [5.74, 6) is 0. The van der Waals surface area contributed by atoms with E-state index in [0.717, 1.165) is 13.0 Å². The van der Waals surface area contributed by atoms with Gasteiger partial charge in [0.15, 0.2) is 0 Å². The zero-order chi connectivity index (χ0) is 14.6. The lowest BCUT2D eigenvalue weighted by atomic mass is 9.76. The topological polar surface area (TPSA) is 29.3 Å². The van der Waals surface area contributed by atoms with E-state index in [-0.39, 0.29) is 5.41 Å². The van der Waals surface area contributed by atoms with Gasteiger partial charge in [0, 0.05) is 12.0 Å². The van der Waals surface area contributed by atoms with Gasteiger partial charge in [-0.1, -0.05) is 49.4 Å². The molecule has 2 heteroatoms. The molecule has 2 rings (SSSR count). The van der Waals surface area contributed by atoms with Crippen LogP contribution in [0.1, 0.15) is 25.3 Å².